The smallest absolute Gasteiger partial charge is 0.435 e. The molecule has 0 unspecified atom stereocenters. The quantitative estimate of drug-likeness (QED) is 0.734. The molecule has 4 nitrogen and oxygen atoms in total. The summed E-state index contributed by atoms with van der Waals surface area (Å²) in [5.74, 6) is 0.233. The van der Waals surface area contributed by atoms with Crippen molar-refractivity contribution in [1.29, 1.82) is 0 Å². The zero-order chi connectivity index (χ0) is 16.4. The van der Waals surface area contributed by atoms with Gasteiger partial charge in [0.1, 0.15) is 0 Å². The number of aromatic nitrogens is 3. The molecule has 3 heterocycles. The SMILES string of the molecule is COc1ccc(/C=C/c2ccncc2)c2cc(C(F)(F)F)nn12. The molecule has 0 spiro atoms. The van der Waals surface area contributed by atoms with Crippen molar-refractivity contribution < 1.29 is 17.9 Å². The molecule has 0 saturated heterocycles. The Morgan fingerprint density at radius 1 is 1.09 bits per heavy atom. The minimum absolute atomic E-state index is 0.233. The van der Waals surface area contributed by atoms with Gasteiger partial charge in [0, 0.05) is 24.0 Å². The third-order valence-corrected chi connectivity index (χ3v) is 3.28. The van der Waals surface area contributed by atoms with Gasteiger partial charge >= 0.3 is 6.18 Å². The number of methoxy groups -OCH3 is 1. The first-order valence-corrected chi connectivity index (χ1v) is 6.71. The maximum absolute atomic E-state index is 12.9. The summed E-state index contributed by atoms with van der Waals surface area (Å²) in [6, 6.07) is 7.87. The van der Waals surface area contributed by atoms with Crippen LogP contribution in [0.3, 0.4) is 0 Å². The standard InChI is InChI=1S/C16H12F3N3O/c1-23-15-5-4-12(3-2-11-6-8-20-9-7-11)13-10-14(16(17,18)19)21-22(13)15/h2-10H,1H3/b3-2+. The first-order valence-electron chi connectivity index (χ1n) is 6.71. The van der Waals surface area contributed by atoms with E-state index in [2.05, 4.69) is 10.1 Å². The summed E-state index contributed by atoms with van der Waals surface area (Å²) >= 11 is 0. The van der Waals surface area contributed by atoms with Crippen LogP contribution in [0.5, 0.6) is 5.88 Å². The molecule has 3 rings (SSSR count). The highest BCUT2D eigenvalue weighted by Crippen LogP contribution is 2.31. The molecule has 23 heavy (non-hydrogen) atoms. The Morgan fingerprint density at radius 3 is 2.48 bits per heavy atom. The van der Waals surface area contributed by atoms with Crippen molar-refractivity contribution in [2.45, 2.75) is 6.18 Å². The van der Waals surface area contributed by atoms with E-state index in [4.69, 9.17) is 4.74 Å². The number of fused-ring (bicyclic) bond motifs is 1. The summed E-state index contributed by atoms with van der Waals surface area (Å²) in [6.07, 6.45) is 2.30. The monoisotopic (exact) mass is 319 g/mol. The van der Waals surface area contributed by atoms with Gasteiger partial charge in [-0.15, -0.1) is 0 Å². The number of hydrogen-bond donors (Lipinski definition) is 0. The van der Waals surface area contributed by atoms with Gasteiger partial charge < -0.3 is 4.74 Å². The Labute approximate surface area is 129 Å². The normalized spacial score (nSPS) is 12.2. The van der Waals surface area contributed by atoms with E-state index in [0.29, 0.717) is 11.1 Å². The molecule has 0 amide bonds. The first kappa shape index (κ1) is 15.1. The van der Waals surface area contributed by atoms with Crippen LogP contribution in [0.15, 0.2) is 42.7 Å². The molecule has 0 aliphatic rings. The lowest BCUT2D eigenvalue weighted by Crippen LogP contribution is -2.06. The van der Waals surface area contributed by atoms with Gasteiger partial charge in [0.05, 0.1) is 12.6 Å². The van der Waals surface area contributed by atoms with Gasteiger partial charge in [-0.05, 0) is 29.8 Å². The Hall–Kier alpha value is -2.83. The molecule has 0 aliphatic carbocycles. The van der Waals surface area contributed by atoms with Gasteiger partial charge in [-0.3, -0.25) is 4.98 Å². The van der Waals surface area contributed by atoms with Gasteiger partial charge in [-0.1, -0.05) is 12.2 Å². The summed E-state index contributed by atoms with van der Waals surface area (Å²) in [5, 5.41) is 3.59. The maximum Gasteiger partial charge on any atom is 0.435 e. The van der Waals surface area contributed by atoms with Crippen molar-refractivity contribution in [3.05, 3.63) is 59.5 Å². The van der Waals surface area contributed by atoms with E-state index < -0.39 is 11.9 Å². The van der Waals surface area contributed by atoms with E-state index in [1.807, 2.05) is 0 Å². The van der Waals surface area contributed by atoms with Gasteiger partial charge in [0.15, 0.2) is 5.69 Å². The number of pyridine rings is 2. The Bertz CT molecular complexity index is 854. The van der Waals surface area contributed by atoms with E-state index in [1.54, 1.807) is 48.8 Å². The van der Waals surface area contributed by atoms with Crippen molar-refractivity contribution in [2.24, 2.45) is 0 Å². The van der Waals surface area contributed by atoms with Crippen LogP contribution in [0.1, 0.15) is 16.8 Å². The predicted octanol–water partition coefficient (Wildman–Crippen LogP) is 3.93. The molecule has 0 aromatic carbocycles. The largest absolute Gasteiger partial charge is 0.481 e. The Morgan fingerprint density at radius 2 is 1.83 bits per heavy atom. The van der Waals surface area contributed by atoms with E-state index in [1.165, 1.54) is 7.11 Å². The van der Waals surface area contributed by atoms with Crippen molar-refractivity contribution in [3.63, 3.8) is 0 Å². The third kappa shape index (κ3) is 3.03. The van der Waals surface area contributed by atoms with Crippen LogP contribution in [0.25, 0.3) is 17.7 Å². The lowest BCUT2D eigenvalue weighted by molar-refractivity contribution is -0.141. The summed E-state index contributed by atoms with van der Waals surface area (Å²) < 4.78 is 44.9. The van der Waals surface area contributed by atoms with Crippen LogP contribution < -0.4 is 4.74 Å². The molecular weight excluding hydrogens is 307 g/mol. The van der Waals surface area contributed by atoms with Crippen LogP contribution in [0.4, 0.5) is 13.2 Å². The predicted molar refractivity (Wildman–Crippen MR) is 79.9 cm³/mol. The number of nitrogens with zero attached hydrogens (tertiary/aromatic N) is 3. The first-order chi connectivity index (χ1) is 11.0. The molecule has 0 saturated carbocycles. The van der Waals surface area contributed by atoms with E-state index in [0.717, 1.165) is 16.1 Å². The van der Waals surface area contributed by atoms with Gasteiger partial charge in [0.25, 0.3) is 0 Å². The molecule has 0 fully saturated rings. The van der Waals surface area contributed by atoms with Crippen LogP contribution in [-0.2, 0) is 6.18 Å². The second kappa shape index (κ2) is 5.75. The molecule has 0 atom stereocenters. The average Bonchev–Trinajstić information content (AvgIpc) is 2.99. The van der Waals surface area contributed by atoms with Gasteiger partial charge in [-0.25, -0.2) is 0 Å². The van der Waals surface area contributed by atoms with E-state index >= 15 is 0 Å². The van der Waals surface area contributed by atoms with Gasteiger partial charge in [-0.2, -0.15) is 22.8 Å². The van der Waals surface area contributed by atoms with Crippen LogP contribution >= 0.6 is 0 Å². The fraction of sp³-hybridized carbons (Fsp3) is 0.125. The fourth-order valence-corrected chi connectivity index (χ4v) is 2.17. The number of rotatable bonds is 3. The van der Waals surface area contributed by atoms with E-state index in [-0.39, 0.29) is 5.88 Å². The topological polar surface area (TPSA) is 39.4 Å². The number of alkyl halides is 3. The minimum atomic E-state index is -4.51. The number of ether oxygens (including phenoxy) is 1. The summed E-state index contributed by atoms with van der Waals surface area (Å²) in [4.78, 5) is 3.91. The number of hydrogen-bond acceptors (Lipinski definition) is 3. The molecule has 0 radical (unpaired) electrons. The highest BCUT2D eigenvalue weighted by molar-refractivity contribution is 5.78. The molecule has 0 aliphatic heterocycles. The fourth-order valence-electron chi connectivity index (χ4n) is 2.17. The molecule has 7 heteroatoms. The molecule has 3 aromatic heterocycles. The summed E-state index contributed by atoms with van der Waals surface area (Å²) in [5.41, 5.74) is 0.859. The molecule has 0 bridgehead atoms. The average molecular weight is 319 g/mol. The minimum Gasteiger partial charge on any atom is -0.481 e. The zero-order valence-corrected chi connectivity index (χ0v) is 12.1. The van der Waals surface area contributed by atoms with Crippen LogP contribution in [0, 0.1) is 0 Å². The van der Waals surface area contributed by atoms with Crippen molar-refractivity contribution in [3.8, 4) is 5.88 Å². The van der Waals surface area contributed by atoms with Gasteiger partial charge in [0.2, 0.25) is 5.88 Å². The lowest BCUT2D eigenvalue weighted by Gasteiger charge is -2.05. The summed E-state index contributed by atoms with van der Waals surface area (Å²) in [6.45, 7) is 0. The molecule has 118 valence electrons. The van der Waals surface area contributed by atoms with E-state index in [9.17, 15) is 13.2 Å². The zero-order valence-electron chi connectivity index (χ0n) is 12.1. The summed E-state index contributed by atoms with van der Waals surface area (Å²) in [7, 11) is 1.39. The van der Waals surface area contributed by atoms with Crippen LogP contribution in [-0.4, -0.2) is 21.7 Å². The second-order valence-electron chi connectivity index (χ2n) is 4.77. The van der Waals surface area contributed by atoms with Crippen molar-refractivity contribution in [1.82, 2.24) is 14.6 Å². The Balaban J connectivity index is 2.10. The Kier molecular flexibility index (Phi) is 3.77. The molecule has 3 aromatic rings. The third-order valence-electron chi connectivity index (χ3n) is 3.28. The molecule has 0 N–H and O–H groups in total. The lowest BCUT2D eigenvalue weighted by atomic mass is 10.1. The molecular formula is C16H12F3N3O. The maximum atomic E-state index is 12.9. The van der Waals surface area contributed by atoms with Crippen molar-refractivity contribution in [2.75, 3.05) is 7.11 Å². The second-order valence-corrected chi connectivity index (χ2v) is 4.77. The number of halogens is 3. The van der Waals surface area contributed by atoms with Crippen molar-refractivity contribution >= 4 is 17.7 Å². The highest BCUT2D eigenvalue weighted by atomic mass is 19.4. The van der Waals surface area contributed by atoms with Crippen LogP contribution in [0.2, 0.25) is 0 Å². The highest BCUT2D eigenvalue weighted by Gasteiger charge is 2.34.